The summed E-state index contributed by atoms with van der Waals surface area (Å²) in [6, 6.07) is 23.7. The van der Waals surface area contributed by atoms with E-state index in [-0.39, 0.29) is 18.1 Å². The number of methoxy groups -OCH3 is 2. The van der Waals surface area contributed by atoms with E-state index in [2.05, 4.69) is 22.4 Å². The molecule has 0 spiro atoms. The Balaban J connectivity index is 1.30. The number of nitrogens with one attached hydrogen (secondary N) is 1. The zero-order valence-electron chi connectivity index (χ0n) is 21.1. The van der Waals surface area contributed by atoms with Gasteiger partial charge in [-0.25, -0.2) is 4.98 Å². The number of benzene rings is 3. The summed E-state index contributed by atoms with van der Waals surface area (Å²) in [6.07, 6.45) is 6.11. The second-order valence-corrected chi connectivity index (χ2v) is 9.08. The van der Waals surface area contributed by atoms with Crippen LogP contribution < -0.4 is 14.8 Å². The number of amides is 1. The van der Waals surface area contributed by atoms with Crippen LogP contribution in [0.5, 0.6) is 11.5 Å². The van der Waals surface area contributed by atoms with Gasteiger partial charge < -0.3 is 19.5 Å². The highest BCUT2D eigenvalue weighted by atomic mass is 16.5. The average molecular weight is 498 g/mol. The van der Waals surface area contributed by atoms with E-state index in [1.165, 1.54) is 0 Å². The van der Waals surface area contributed by atoms with Crippen LogP contribution in [0.1, 0.15) is 35.3 Å². The molecule has 0 aliphatic heterocycles. The van der Waals surface area contributed by atoms with Crippen molar-refractivity contribution in [2.24, 2.45) is 0 Å². The molecule has 7 nitrogen and oxygen atoms in total. The number of hydrogen-bond donors (Lipinski definition) is 1. The van der Waals surface area contributed by atoms with Gasteiger partial charge >= 0.3 is 0 Å². The molecule has 0 bridgehead atoms. The van der Waals surface area contributed by atoms with Crippen molar-refractivity contribution >= 4 is 5.91 Å². The van der Waals surface area contributed by atoms with Crippen LogP contribution in [0.15, 0.2) is 85.3 Å². The summed E-state index contributed by atoms with van der Waals surface area (Å²) in [5.74, 6) is 1.30. The third-order valence-electron chi connectivity index (χ3n) is 6.81. The van der Waals surface area contributed by atoms with Gasteiger partial charge in [0.2, 0.25) is 0 Å². The Kier molecular flexibility index (Phi) is 7.51. The second kappa shape index (κ2) is 11.3. The molecule has 1 aromatic heterocycles. The number of ether oxygens (including phenoxy) is 3. The molecule has 0 unspecified atom stereocenters. The number of aromatic nitrogens is 2. The molecule has 0 radical (unpaired) electrons. The maximum Gasteiger partial charge on any atom is 0.270 e. The first kappa shape index (κ1) is 24.6. The lowest BCUT2D eigenvalue weighted by Gasteiger charge is -2.22. The maximum atomic E-state index is 13.3. The normalized spacial score (nSPS) is 16.9. The van der Waals surface area contributed by atoms with Crippen LogP contribution in [-0.4, -0.2) is 41.8 Å². The fourth-order valence-electron chi connectivity index (χ4n) is 4.90. The molecular formula is C30H31N3O4. The Morgan fingerprint density at radius 2 is 1.68 bits per heavy atom. The second-order valence-electron chi connectivity index (χ2n) is 9.08. The SMILES string of the molecule is COc1cccc(OC)c1-c1ccc(-n2cncc2C(=O)N[C@H]2CCC[C@@H]2OCc2ccccc2)cc1. The van der Waals surface area contributed by atoms with Gasteiger partial charge in [0.05, 0.1) is 51.1 Å². The van der Waals surface area contributed by atoms with Gasteiger partial charge in [0.15, 0.2) is 0 Å². The molecule has 190 valence electrons. The molecule has 0 saturated heterocycles. The lowest BCUT2D eigenvalue weighted by molar-refractivity contribution is 0.0271. The van der Waals surface area contributed by atoms with Crippen molar-refractivity contribution in [3.05, 3.63) is 96.6 Å². The zero-order chi connectivity index (χ0) is 25.6. The summed E-state index contributed by atoms with van der Waals surface area (Å²) in [5, 5.41) is 3.19. The molecule has 1 heterocycles. The summed E-state index contributed by atoms with van der Waals surface area (Å²) in [4.78, 5) is 17.5. The van der Waals surface area contributed by atoms with Gasteiger partial charge in [0, 0.05) is 5.69 Å². The molecule has 1 saturated carbocycles. The Morgan fingerprint density at radius 1 is 0.946 bits per heavy atom. The highest BCUT2D eigenvalue weighted by molar-refractivity contribution is 5.93. The Bertz CT molecular complexity index is 1310. The first-order valence-electron chi connectivity index (χ1n) is 12.5. The molecular weight excluding hydrogens is 466 g/mol. The first-order chi connectivity index (χ1) is 18.2. The minimum atomic E-state index is -0.159. The molecule has 5 rings (SSSR count). The molecule has 1 aliphatic carbocycles. The van der Waals surface area contributed by atoms with Gasteiger partial charge in [-0.2, -0.15) is 0 Å². The lowest BCUT2D eigenvalue weighted by atomic mass is 10.0. The smallest absolute Gasteiger partial charge is 0.270 e. The molecule has 4 aromatic rings. The highest BCUT2D eigenvalue weighted by Crippen LogP contribution is 2.38. The predicted molar refractivity (Wildman–Crippen MR) is 142 cm³/mol. The van der Waals surface area contributed by atoms with E-state index in [9.17, 15) is 4.79 Å². The maximum absolute atomic E-state index is 13.3. The van der Waals surface area contributed by atoms with Gasteiger partial charge in [0.25, 0.3) is 5.91 Å². The third-order valence-corrected chi connectivity index (χ3v) is 6.81. The topological polar surface area (TPSA) is 74.6 Å². The van der Waals surface area contributed by atoms with Gasteiger partial charge in [-0.15, -0.1) is 0 Å². The largest absolute Gasteiger partial charge is 0.496 e. The van der Waals surface area contributed by atoms with E-state index in [0.717, 1.165) is 53.1 Å². The van der Waals surface area contributed by atoms with Crippen LogP contribution in [0.3, 0.4) is 0 Å². The molecule has 1 fully saturated rings. The molecule has 1 amide bonds. The van der Waals surface area contributed by atoms with E-state index in [1.807, 2.05) is 60.7 Å². The van der Waals surface area contributed by atoms with Gasteiger partial charge in [-0.05, 0) is 54.7 Å². The molecule has 1 N–H and O–H groups in total. The van der Waals surface area contributed by atoms with E-state index < -0.39 is 0 Å². The van der Waals surface area contributed by atoms with Crippen LogP contribution in [0.25, 0.3) is 16.8 Å². The van der Waals surface area contributed by atoms with Crippen LogP contribution in [0.2, 0.25) is 0 Å². The summed E-state index contributed by atoms with van der Waals surface area (Å²) >= 11 is 0. The number of carbonyl (C=O) groups excluding carboxylic acids is 1. The minimum absolute atomic E-state index is 0.00403. The molecule has 1 aliphatic rings. The fraction of sp³-hybridized carbons (Fsp3) is 0.267. The van der Waals surface area contributed by atoms with Crippen molar-refractivity contribution in [3.63, 3.8) is 0 Å². The van der Waals surface area contributed by atoms with Crippen molar-refractivity contribution < 1.29 is 19.0 Å². The van der Waals surface area contributed by atoms with Gasteiger partial charge in [-0.3, -0.25) is 9.36 Å². The van der Waals surface area contributed by atoms with E-state index in [0.29, 0.717) is 12.3 Å². The van der Waals surface area contributed by atoms with E-state index in [4.69, 9.17) is 14.2 Å². The third kappa shape index (κ3) is 5.37. The fourth-order valence-corrected chi connectivity index (χ4v) is 4.90. The monoisotopic (exact) mass is 497 g/mol. The number of carbonyl (C=O) groups is 1. The van der Waals surface area contributed by atoms with Crippen LogP contribution in [-0.2, 0) is 11.3 Å². The van der Waals surface area contributed by atoms with Gasteiger partial charge in [0.1, 0.15) is 17.2 Å². The van der Waals surface area contributed by atoms with Crippen LogP contribution >= 0.6 is 0 Å². The van der Waals surface area contributed by atoms with Crippen LogP contribution in [0.4, 0.5) is 0 Å². The summed E-state index contributed by atoms with van der Waals surface area (Å²) in [5.41, 5.74) is 4.28. The molecule has 3 aromatic carbocycles. The number of rotatable bonds is 9. The standard InChI is InChI=1S/C30H31N3O4/c1-35-27-12-7-13-28(36-2)29(27)22-14-16-23(17-15-22)33-20-31-18-25(33)30(34)32-24-10-6-11-26(24)37-19-21-8-4-3-5-9-21/h3-5,7-9,12-18,20,24,26H,6,10-11,19H2,1-2H3,(H,32,34)/t24-,26-/m0/s1. The van der Waals surface area contributed by atoms with Crippen molar-refractivity contribution in [2.45, 2.75) is 38.0 Å². The number of imidazole rings is 1. The Labute approximate surface area is 217 Å². The number of hydrogen-bond acceptors (Lipinski definition) is 5. The number of nitrogens with zero attached hydrogens (tertiary/aromatic N) is 2. The van der Waals surface area contributed by atoms with Crippen molar-refractivity contribution in [3.8, 4) is 28.3 Å². The minimum Gasteiger partial charge on any atom is -0.496 e. The Hall–Kier alpha value is -4.10. The molecule has 2 atom stereocenters. The zero-order valence-corrected chi connectivity index (χ0v) is 21.1. The first-order valence-corrected chi connectivity index (χ1v) is 12.5. The van der Waals surface area contributed by atoms with E-state index in [1.54, 1.807) is 31.3 Å². The van der Waals surface area contributed by atoms with Crippen molar-refractivity contribution in [1.82, 2.24) is 14.9 Å². The van der Waals surface area contributed by atoms with E-state index >= 15 is 0 Å². The summed E-state index contributed by atoms with van der Waals surface area (Å²) in [6.45, 7) is 0.541. The predicted octanol–water partition coefficient (Wildman–Crippen LogP) is 5.42. The molecule has 7 heteroatoms. The Morgan fingerprint density at radius 3 is 2.38 bits per heavy atom. The van der Waals surface area contributed by atoms with Crippen molar-refractivity contribution in [2.75, 3.05) is 14.2 Å². The highest BCUT2D eigenvalue weighted by Gasteiger charge is 2.30. The van der Waals surface area contributed by atoms with Crippen LogP contribution in [0, 0.1) is 0 Å². The molecule has 37 heavy (non-hydrogen) atoms. The summed E-state index contributed by atoms with van der Waals surface area (Å²) in [7, 11) is 3.29. The lowest BCUT2D eigenvalue weighted by Crippen LogP contribution is -2.41. The van der Waals surface area contributed by atoms with Gasteiger partial charge in [-0.1, -0.05) is 48.5 Å². The average Bonchev–Trinajstić information content (AvgIpc) is 3.62. The van der Waals surface area contributed by atoms with Crippen molar-refractivity contribution in [1.29, 1.82) is 0 Å². The summed E-state index contributed by atoms with van der Waals surface area (Å²) < 4.78 is 19.1. The quantitative estimate of drug-likeness (QED) is 0.334.